The molecule has 0 radical (unpaired) electrons. The molecule has 0 saturated heterocycles. The standard InChI is InChI=1S/C10H15N3O5S/c1-5(8(14)15)2-6-3-12-10(13-6)19(18)4-7(11)9(16)17/h3,5,7H,2,4,11H2,1H3,(H,12,13)(H,14,15)(H,16,17)/t5-,7+,19?/m0/s1. The molecule has 1 aromatic heterocycles. The van der Waals surface area contributed by atoms with Crippen LogP contribution in [-0.2, 0) is 26.8 Å². The molecule has 0 aliphatic carbocycles. The Morgan fingerprint density at radius 3 is 2.63 bits per heavy atom. The Morgan fingerprint density at radius 1 is 1.47 bits per heavy atom. The molecule has 9 heteroatoms. The van der Waals surface area contributed by atoms with E-state index in [0.29, 0.717) is 5.69 Å². The lowest BCUT2D eigenvalue weighted by atomic mass is 10.1. The van der Waals surface area contributed by atoms with Crippen molar-refractivity contribution < 1.29 is 24.0 Å². The van der Waals surface area contributed by atoms with Crippen molar-refractivity contribution in [1.82, 2.24) is 9.97 Å². The largest absolute Gasteiger partial charge is 0.481 e. The van der Waals surface area contributed by atoms with Gasteiger partial charge in [0.15, 0.2) is 5.16 Å². The quantitative estimate of drug-likeness (QED) is 0.513. The molecule has 0 aromatic carbocycles. The van der Waals surface area contributed by atoms with Gasteiger partial charge < -0.3 is 20.9 Å². The van der Waals surface area contributed by atoms with Crippen LogP contribution in [0.15, 0.2) is 11.4 Å². The third kappa shape index (κ3) is 4.45. The van der Waals surface area contributed by atoms with Crippen molar-refractivity contribution in [3.8, 4) is 0 Å². The molecule has 0 amide bonds. The molecule has 8 nitrogen and oxygen atoms in total. The SMILES string of the molecule is C[C@@H](Cc1cnc(S(=O)C[C@@H](N)C(=O)O)[nH]1)C(=O)O. The number of carboxylic acids is 2. The van der Waals surface area contributed by atoms with Crippen molar-refractivity contribution >= 4 is 22.7 Å². The Morgan fingerprint density at radius 2 is 2.11 bits per heavy atom. The maximum absolute atomic E-state index is 11.8. The molecule has 1 aromatic rings. The zero-order valence-corrected chi connectivity index (χ0v) is 11.0. The molecule has 3 atom stereocenters. The maximum Gasteiger partial charge on any atom is 0.321 e. The first-order valence-electron chi connectivity index (χ1n) is 5.44. The van der Waals surface area contributed by atoms with Crippen molar-refractivity contribution in [3.05, 3.63) is 11.9 Å². The molecule has 1 heterocycles. The van der Waals surface area contributed by atoms with Gasteiger partial charge in [-0.05, 0) is 0 Å². The molecular weight excluding hydrogens is 274 g/mol. The summed E-state index contributed by atoms with van der Waals surface area (Å²) in [4.78, 5) is 27.8. The minimum atomic E-state index is -1.66. The van der Waals surface area contributed by atoms with Crippen LogP contribution < -0.4 is 5.73 Å². The molecule has 0 spiro atoms. The average molecular weight is 289 g/mol. The van der Waals surface area contributed by atoms with Gasteiger partial charge in [-0.3, -0.25) is 13.8 Å². The van der Waals surface area contributed by atoms with E-state index in [-0.39, 0.29) is 17.3 Å². The molecule has 5 N–H and O–H groups in total. The number of carboxylic acid groups (broad SMARTS) is 2. The van der Waals surface area contributed by atoms with Crippen LogP contribution in [0.3, 0.4) is 0 Å². The van der Waals surface area contributed by atoms with E-state index in [1.807, 2.05) is 0 Å². The van der Waals surface area contributed by atoms with Gasteiger partial charge >= 0.3 is 11.9 Å². The number of nitrogens with zero attached hydrogens (tertiary/aromatic N) is 1. The normalized spacial score (nSPS) is 15.7. The summed E-state index contributed by atoms with van der Waals surface area (Å²) in [6.07, 6.45) is 1.61. The molecule has 19 heavy (non-hydrogen) atoms. The summed E-state index contributed by atoms with van der Waals surface area (Å²) >= 11 is 0. The summed E-state index contributed by atoms with van der Waals surface area (Å²) in [6, 6.07) is -1.23. The smallest absolute Gasteiger partial charge is 0.321 e. The van der Waals surface area contributed by atoms with E-state index in [1.54, 1.807) is 6.92 Å². The number of hydrogen-bond acceptors (Lipinski definition) is 5. The highest BCUT2D eigenvalue weighted by molar-refractivity contribution is 7.84. The molecule has 0 saturated carbocycles. The summed E-state index contributed by atoms with van der Waals surface area (Å²) in [5, 5.41) is 17.5. The predicted molar refractivity (Wildman–Crippen MR) is 66.0 cm³/mol. The highest BCUT2D eigenvalue weighted by atomic mass is 32.2. The van der Waals surface area contributed by atoms with Gasteiger partial charge in [-0.2, -0.15) is 0 Å². The fraction of sp³-hybridized carbons (Fsp3) is 0.500. The van der Waals surface area contributed by atoms with Crippen LogP contribution in [0.5, 0.6) is 0 Å². The molecule has 0 aliphatic heterocycles. The monoisotopic (exact) mass is 289 g/mol. The van der Waals surface area contributed by atoms with E-state index < -0.39 is 34.7 Å². The van der Waals surface area contributed by atoms with Gasteiger partial charge in [-0.1, -0.05) is 6.92 Å². The van der Waals surface area contributed by atoms with E-state index in [1.165, 1.54) is 6.20 Å². The van der Waals surface area contributed by atoms with Crippen LogP contribution in [0, 0.1) is 5.92 Å². The topological polar surface area (TPSA) is 146 Å². The highest BCUT2D eigenvalue weighted by Gasteiger charge is 2.19. The summed E-state index contributed by atoms with van der Waals surface area (Å²) in [5.74, 6) is -3.02. The molecule has 0 fully saturated rings. The van der Waals surface area contributed by atoms with Crippen molar-refractivity contribution in [1.29, 1.82) is 0 Å². The number of imidazole rings is 1. The number of hydrogen-bond donors (Lipinski definition) is 4. The van der Waals surface area contributed by atoms with E-state index in [2.05, 4.69) is 9.97 Å². The van der Waals surface area contributed by atoms with Crippen LogP contribution in [0.25, 0.3) is 0 Å². The summed E-state index contributed by atoms with van der Waals surface area (Å²) in [7, 11) is -1.66. The number of nitrogens with two attached hydrogens (primary N) is 1. The van der Waals surface area contributed by atoms with E-state index in [4.69, 9.17) is 15.9 Å². The Labute approximate surface area is 111 Å². The van der Waals surface area contributed by atoms with Crippen LogP contribution in [0.2, 0.25) is 0 Å². The number of aromatic nitrogens is 2. The Hall–Kier alpha value is -1.74. The number of H-pyrrole nitrogens is 1. The summed E-state index contributed by atoms with van der Waals surface area (Å²) in [6.45, 7) is 1.54. The predicted octanol–water partition coefficient (Wildman–Crippen LogP) is -0.808. The second-order valence-electron chi connectivity index (χ2n) is 4.11. The minimum absolute atomic E-state index is 0.101. The number of aromatic amines is 1. The van der Waals surface area contributed by atoms with E-state index in [0.717, 1.165) is 0 Å². The van der Waals surface area contributed by atoms with Crippen molar-refractivity contribution in [3.63, 3.8) is 0 Å². The lowest BCUT2D eigenvalue weighted by molar-refractivity contribution is -0.141. The van der Waals surface area contributed by atoms with Crippen molar-refractivity contribution in [2.24, 2.45) is 11.7 Å². The molecular formula is C10H15N3O5S. The third-order valence-electron chi connectivity index (χ3n) is 2.42. The van der Waals surface area contributed by atoms with E-state index in [9.17, 15) is 13.8 Å². The van der Waals surface area contributed by atoms with Crippen LogP contribution in [-0.4, -0.2) is 48.1 Å². The van der Waals surface area contributed by atoms with Gasteiger partial charge in [-0.25, -0.2) is 4.98 Å². The van der Waals surface area contributed by atoms with Crippen molar-refractivity contribution in [2.45, 2.75) is 24.5 Å². The Kier molecular flexibility index (Phi) is 5.19. The highest BCUT2D eigenvalue weighted by Crippen LogP contribution is 2.09. The van der Waals surface area contributed by atoms with Gasteiger partial charge in [0.05, 0.1) is 22.5 Å². The maximum atomic E-state index is 11.8. The molecule has 106 valence electrons. The fourth-order valence-electron chi connectivity index (χ4n) is 1.29. The van der Waals surface area contributed by atoms with Gasteiger partial charge in [0, 0.05) is 18.3 Å². The van der Waals surface area contributed by atoms with Gasteiger partial charge in [-0.15, -0.1) is 0 Å². The number of rotatable bonds is 7. The summed E-state index contributed by atoms with van der Waals surface area (Å²) < 4.78 is 11.8. The van der Waals surface area contributed by atoms with Gasteiger partial charge in [0.1, 0.15) is 6.04 Å². The number of nitrogens with one attached hydrogen (secondary N) is 1. The number of carbonyl (C=O) groups is 2. The van der Waals surface area contributed by atoms with Crippen LogP contribution in [0.1, 0.15) is 12.6 Å². The number of aliphatic carboxylic acids is 2. The third-order valence-corrected chi connectivity index (χ3v) is 3.72. The minimum Gasteiger partial charge on any atom is -0.481 e. The van der Waals surface area contributed by atoms with E-state index >= 15 is 0 Å². The first kappa shape index (κ1) is 15.3. The molecule has 0 bridgehead atoms. The lowest BCUT2D eigenvalue weighted by Crippen LogP contribution is -2.35. The molecule has 1 unspecified atom stereocenters. The molecule has 0 aliphatic rings. The molecule has 1 rings (SSSR count). The lowest BCUT2D eigenvalue weighted by Gasteiger charge is -2.04. The van der Waals surface area contributed by atoms with Crippen LogP contribution >= 0.6 is 0 Å². The second-order valence-corrected chi connectivity index (χ2v) is 5.52. The summed E-state index contributed by atoms with van der Waals surface area (Å²) in [5.41, 5.74) is 5.80. The zero-order valence-electron chi connectivity index (χ0n) is 10.2. The first-order valence-corrected chi connectivity index (χ1v) is 6.76. The van der Waals surface area contributed by atoms with Crippen LogP contribution in [0.4, 0.5) is 0 Å². The van der Waals surface area contributed by atoms with Crippen molar-refractivity contribution in [2.75, 3.05) is 5.75 Å². The first-order chi connectivity index (χ1) is 8.81. The second kappa shape index (κ2) is 6.43. The fourth-order valence-corrected chi connectivity index (χ4v) is 2.33. The van der Waals surface area contributed by atoms with Gasteiger partial charge in [0.25, 0.3) is 0 Å². The average Bonchev–Trinajstić information content (AvgIpc) is 2.77. The van der Waals surface area contributed by atoms with Gasteiger partial charge in [0.2, 0.25) is 0 Å². The Bertz CT molecular complexity index is 501. The Balaban J connectivity index is 2.66. The zero-order chi connectivity index (χ0) is 14.6.